The van der Waals surface area contributed by atoms with Gasteiger partial charge in [0.2, 0.25) is 0 Å². The van der Waals surface area contributed by atoms with Crippen molar-refractivity contribution >= 4 is 16.7 Å². The molecule has 18 heavy (non-hydrogen) atoms. The summed E-state index contributed by atoms with van der Waals surface area (Å²) in [6, 6.07) is 10.5. The average Bonchev–Trinajstić information content (AvgIpc) is 2.74. The van der Waals surface area contributed by atoms with E-state index in [-0.39, 0.29) is 11.9 Å². The number of amides is 1. The zero-order chi connectivity index (χ0) is 12.7. The monoisotopic (exact) mass is 239 g/mol. The number of hydrogen-bond acceptors (Lipinski definition) is 1. The molecule has 0 atom stereocenters. The van der Waals surface area contributed by atoms with Crippen LogP contribution in [0.3, 0.4) is 0 Å². The molecule has 3 rings (SSSR count). The third-order valence-corrected chi connectivity index (χ3v) is 3.54. The van der Waals surface area contributed by atoms with Gasteiger partial charge in [0.1, 0.15) is 0 Å². The van der Waals surface area contributed by atoms with Crippen molar-refractivity contribution in [3.63, 3.8) is 0 Å². The Kier molecular flexibility index (Phi) is 2.58. The van der Waals surface area contributed by atoms with E-state index in [1.807, 2.05) is 19.9 Å². The van der Waals surface area contributed by atoms with E-state index in [1.54, 1.807) is 0 Å². The molecule has 0 bridgehead atoms. The summed E-state index contributed by atoms with van der Waals surface area (Å²) >= 11 is 0. The molecule has 1 aliphatic rings. The molecular formula is C16H17NO. The van der Waals surface area contributed by atoms with Gasteiger partial charge in [-0.1, -0.05) is 24.3 Å². The second-order valence-corrected chi connectivity index (χ2v) is 5.24. The predicted octanol–water partition coefficient (Wildman–Crippen LogP) is 3.08. The summed E-state index contributed by atoms with van der Waals surface area (Å²) in [5.74, 6) is 0.0283. The number of carbonyl (C=O) groups excluding carboxylic acids is 1. The Hall–Kier alpha value is -1.83. The second-order valence-electron chi connectivity index (χ2n) is 5.24. The Bertz CT molecular complexity index is 618. The molecule has 2 aromatic carbocycles. The number of benzene rings is 2. The zero-order valence-electron chi connectivity index (χ0n) is 10.8. The molecule has 0 aliphatic heterocycles. The second kappa shape index (κ2) is 4.13. The third-order valence-electron chi connectivity index (χ3n) is 3.54. The van der Waals surface area contributed by atoms with Crippen molar-refractivity contribution in [3.05, 3.63) is 47.0 Å². The highest BCUT2D eigenvalue weighted by Crippen LogP contribution is 2.32. The van der Waals surface area contributed by atoms with Gasteiger partial charge >= 0.3 is 0 Å². The van der Waals surface area contributed by atoms with Crippen molar-refractivity contribution in [2.75, 3.05) is 0 Å². The minimum absolute atomic E-state index is 0.0283. The average molecular weight is 239 g/mol. The highest BCUT2D eigenvalue weighted by Gasteiger charge is 2.18. The van der Waals surface area contributed by atoms with Crippen LogP contribution in [0, 0.1) is 0 Å². The summed E-state index contributed by atoms with van der Waals surface area (Å²) in [6.07, 6.45) is 2.20. The standard InChI is InChI=1S/C16H17NO/c1-10(2)17-16(18)14-9-8-12-7-6-11-4-3-5-13(14)15(11)12/h3-5,8-10H,6-7H2,1-2H3,(H,17,18). The SMILES string of the molecule is CC(C)NC(=O)c1ccc2c3c(cccc13)CC2. The summed E-state index contributed by atoms with van der Waals surface area (Å²) in [5.41, 5.74) is 3.55. The van der Waals surface area contributed by atoms with E-state index in [1.165, 1.54) is 16.5 Å². The largest absolute Gasteiger partial charge is 0.350 e. The fourth-order valence-electron chi connectivity index (χ4n) is 2.78. The van der Waals surface area contributed by atoms with Gasteiger partial charge in [-0.3, -0.25) is 4.79 Å². The van der Waals surface area contributed by atoms with Gasteiger partial charge in [0.25, 0.3) is 5.91 Å². The van der Waals surface area contributed by atoms with Crippen LogP contribution in [0.1, 0.15) is 35.3 Å². The number of nitrogens with one attached hydrogen (secondary N) is 1. The van der Waals surface area contributed by atoms with E-state index in [2.05, 4.69) is 29.6 Å². The highest BCUT2D eigenvalue weighted by atomic mass is 16.1. The Labute approximate surface area is 107 Å². The lowest BCUT2D eigenvalue weighted by molar-refractivity contribution is 0.0945. The van der Waals surface area contributed by atoms with Gasteiger partial charge in [-0.05, 0) is 54.7 Å². The van der Waals surface area contributed by atoms with E-state index in [4.69, 9.17) is 0 Å². The first-order valence-electron chi connectivity index (χ1n) is 6.51. The fraction of sp³-hybridized carbons (Fsp3) is 0.312. The molecule has 1 N–H and O–H groups in total. The zero-order valence-corrected chi connectivity index (χ0v) is 10.8. The maximum absolute atomic E-state index is 12.2. The molecule has 0 fully saturated rings. The molecule has 0 unspecified atom stereocenters. The molecule has 0 heterocycles. The highest BCUT2D eigenvalue weighted by molar-refractivity contribution is 6.09. The topological polar surface area (TPSA) is 29.1 Å². The van der Waals surface area contributed by atoms with Crippen molar-refractivity contribution in [1.82, 2.24) is 5.32 Å². The van der Waals surface area contributed by atoms with Crippen molar-refractivity contribution in [2.45, 2.75) is 32.7 Å². The van der Waals surface area contributed by atoms with E-state index in [0.29, 0.717) is 0 Å². The van der Waals surface area contributed by atoms with Gasteiger partial charge in [-0.25, -0.2) is 0 Å². The summed E-state index contributed by atoms with van der Waals surface area (Å²) < 4.78 is 0. The molecule has 2 heteroatoms. The van der Waals surface area contributed by atoms with Crippen LogP contribution in [0.25, 0.3) is 10.8 Å². The molecule has 0 spiro atoms. The van der Waals surface area contributed by atoms with Crippen LogP contribution in [-0.2, 0) is 12.8 Å². The lowest BCUT2D eigenvalue weighted by atomic mass is 9.99. The molecule has 0 saturated heterocycles. The minimum atomic E-state index is 0.0283. The molecule has 1 aliphatic carbocycles. The number of aryl methyl sites for hydroxylation is 2. The molecule has 2 nitrogen and oxygen atoms in total. The number of hydrogen-bond donors (Lipinski definition) is 1. The van der Waals surface area contributed by atoms with Gasteiger partial charge in [0.05, 0.1) is 0 Å². The van der Waals surface area contributed by atoms with E-state index < -0.39 is 0 Å². The minimum Gasteiger partial charge on any atom is -0.350 e. The Balaban J connectivity index is 2.17. The fourth-order valence-corrected chi connectivity index (χ4v) is 2.78. The van der Waals surface area contributed by atoms with Crippen LogP contribution in [0.5, 0.6) is 0 Å². The van der Waals surface area contributed by atoms with Crippen molar-refractivity contribution in [2.24, 2.45) is 0 Å². The van der Waals surface area contributed by atoms with Crippen molar-refractivity contribution in [3.8, 4) is 0 Å². The first kappa shape index (κ1) is 11.3. The van der Waals surface area contributed by atoms with Gasteiger partial charge in [0.15, 0.2) is 0 Å². The van der Waals surface area contributed by atoms with E-state index in [9.17, 15) is 4.79 Å². The Morgan fingerprint density at radius 2 is 1.83 bits per heavy atom. The normalized spacial score (nSPS) is 13.3. The maximum Gasteiger partial charge on any atom is 0.252 e. The third kappa shape index (κ3) is 1.69. The summed E-state index contributed by atoms with van der Waals surface area (Å²) in [4.78, 5) is 12.2. The Morgan fingerprint density at radius 1 is 1.11 bits per heavy atom. The number of rotatable bonds is 2. The van der Waals surface area contributed by atoms with Gasteiger partial charge < -0.3 is 5.32 Å². The molecule has 1 amide bonds. The quantitative estimate of drug-likeness (QED) is 0.857. The first-order valence-corrected chi connectivity index (χ1v) is 6.51. The van der Waals surface area contributed by atoms with Crippen molar-refractivity contribution in [1.29, 1.82) is 0 Å². The van der Waals surface area contributed by atoms with Crippen molar-refractivity contribution < 1.29 is 4.79 Å². The van der Waals surface area contributed by atoms with Gasteiger partial charge in [-0.15, -0.1) is 0 Å². The van der Waals surface area contributed by atoms with Gasteiger partial charge in [0, 0.05) is 11.6 Å². The molecule has 0 radical (unpaired) electrons. The smallest absolute Gasteiger partial charge is 0.252 e. The first-order chi connectivity index (χ1) is 8.66. The molecule has 0 aromatic heterocycles. The number of carbonyl (C=O) groups is 1. The van der Waals surface area contributed by atoms with E-state index >= 15 is 0 Å². The Morgan fingerprint density at radius 3 is 2.56 bits per heavy atom. The summed E-state index contributed by atoms with van der Waals surface area (Å²) in [5, 5.41) is 5.37. The van der Waals surface area contributed by atoms with Crippen LogP contribution in [-0.4, -0.2) is 11.9 Å². The molecule has 2 aromatic rings. The lowest BCUT2D eigenvalue weighted by Crippen LogP contribution is -2.30. The van der Waals surface area contributed by atoms with Crippen LogP contribution < -0.4 is 5.32 Å². The molecular weight excluding hydrogens is 222 g/mol. The van der Waals surface area contributed by atoms with Crippen LogP contribution in [0.2, 0.25) is 0 Å². The summed E-state index contributed by atoms with van der Waals surface area (Å²) in [6.45, 7) is 3.97. The summed E-state index contributed by atoms with van der Waals surface area (Å²) in [7, 11) is 0. The lowest BCUT2D eigenvalue weighted by Gasteiger charge is -2.11. The van der Waals surface area contributed by atoms with Crippen LogP contribution in [0.4, 0.5) is 0 Å². The maximum atomic E-state index is 12.2. The van der Waals surface area contributed by atoms with Crippen LogP contribution in [0.15, 0.2) is 30.3 Å². The molecule has 0 saturated carbocycles. The van der Waals surface area contributed by atoms with Gasteiger partial charge in [-0.2, -0.15) is 0 Å². The predicted molar refractivity (Wildman–Crippen MR) is 74.0 cm³/mol. The molecule has 92 valence electrons. The van der Waals surface area contributed by atoms with Crippen LogP contribution >= 0.6 is 0 Å². The van der Waals surface area contributed by atoms with E-state index in [0.717, 1.165) is 23.8 Å².